The van der Waals surface area contributed by atoms with Crippen molar-refractivity contribution in [3.05, 3.63) is 48.0 Å². The van der Waals surface area contributed by atoms with Crippen LogP contribution in [0.4, 0.5) is 0 Å². The summed E-state index contributed by atoms with van der Waals surface area (Å²) in [7, 11) is 0. The number of amides is 3. The minimum atomic E-state index is -0.959. The van der Waals surface area contributed by atoms with Gasteiger partial charge >= 0.3 is 0 Å². The van der Waals surface area contributed by atoms with E-state index in [9.17, 15) is 19.5 Å². The third-order valence-electron chi connectivity index (χ3n) is 5.30. The van der Waals surface area contributed by atoms with Gasteiger partial charge in [0.25, 0.3) is 5.91 Å². The van der Waals surface area contributed by atoms with Gasteiger partial charge in [0.2, 0.25) is 11.8 Å². The van der Waals surface area contributed by atoms with Crippen LogP contribution in [0.25, 0.3) is 10.8 Å². The Morgan fingerprint density at radius 2 is 1.89 bits per heavy atom. The molecule has 0 unspecified atom stereocenters. The van der Waals surface area contributed by atoms with Gasteiger partial charge in [0.05, 0.1) is 12.6 Å². The fourth-order valence-electron chi connectivity index (χ4n) is 3.78. The first-order valence-corrected chi connectivity index (χ1v) is 9.03. The van der Waals surface area contributed by atoms with E-state index in [2.05, 4.69) is 5.32 Å². The van der Waals surface area contributed by atoms with Crippen molar-refractivity contribution in [1.29, 1.82) is 0 Å². The average Bonchev–Trinajstić information content (AvgIpc) is 2.69. The van der Waals surface area contributed by atoms with E-state index in [-0.39, 0.29) is 30.8 Å². The number of benzene rings is 2. The highest BCUT2D eigenvalue weighted by Gasteiger charge is 2.45. The first-order chi connectivity index (χ1) is 13.0. The molecule has 140 valence electrons. The molecule has 7 heteroatoms. The average molecular weight is 367 g/mol. The lowest BCUT2D eigenvalue weighted by atomic mass is 10.0. The van der Waals surface area contributed by atoms with Gasteiger partial charge in [-0.05, 0) is 29.8 Å². The summed E-state index contributed by atoms with van der Waals surface area (Å²) in [6.45, 7) is 2.26. The summed E-state index contributed by atoms with van der Waals surface area (Å²) in [6, 6.07) is 11.7. The number of aliphatic hydroxyl groups excluding tert-OH is 1. The summed E-state index contributed by atoms with van der Waals surface area (Å²) >= 11 is 0. The molecular weight excluding hydrogens is 346 g/mol. The van der Waals surface area contributed by atoms with Crippen molar-refractivity contribution in [1.82, 2.24) is 15.1 Å². The van der Waals surface area contributed by atoms with Crippen LogP contribution >= 0.6 is 0 Å². The van der Waals surface area contributed by atoms with Crippen LogP contribution in [0.15, 0.2) is 42.5 Å². The summed E-state index contributed by atoms with van der Waals surface area (Å²) in [5.41, 5.74) is 0.562. The van der Waals surface area contributed by atoms with E-state index in [4.69, 9.17) is 0 Å². The van der Waals surface area contributed by atoms with E-state index in [1.54, 1.807) is 11.0 Å². The molecule has 0 aliphatic carbocycles. The maximum atomic E-state index is 12.9. The molecule has 2 aliphatic heterocycles. The molecule has 3 atom stereocenters. The molecule has 2 fully saturated rings. The lowest BCUT2D eigenvalue weighted by molar-refractivity contribution is -0.155. The number of rotatable bonds is 2. The molecule has 2 saturated heterocycles. The third-order valence-corrected chi connectivity index (χ3v) is 5.30. The van der Waals surface area contributed by atoms with Gasteiger partial charge in [0, 0.05) is 18.7 Å². The van der Waals surface area contributed by atoms with Crippen molar-refractivity contribution in [2.75, 3.05) is 19.6 Å². The summed E-state index contributed by atoms with van der Waals surface area (Å²) in [4.78, 5) is 40.9. The summed E-state index contributed by atoms with van der Waals surface area (Å²) in [6.07, 6.45) is -0.959. The number of hydrogen-bond donors (Lipinski definition) is 2. The van der Waals surface area contributed by atoms with E-state index < -0.39 is 18.2 Å². The van der Waals surface area contributed by atoms with Crippen molar-refractivity contribution in [3.8, 4) is 0 Å². The summed E-state index contributed by atoms with van der Waals surface area (Å²) < 4.78 is 0. The Labute approximate surface area is 156 Å². The zero-order chi connectivity index (χ0) is 19.1. The Morgan fingerprint density at radius 3 is 2.63 bits per heavy atom. The van der Waals surface area contributed by atoms with Gasteiger partial charge in [-0.2, -0.15) is 0 Å². The van der Waals surface area contributed by atoms with Gasteiger partial charge in [0.15, 0.2) is 0 Å². The van der Waals surface area contributed by atoms with Crippen LogP contribution in [-0.4, -0.2) is 70.4 Å². The zero-order valence-electron chi connectivity index (χ0n) is 15.0. The van der Waals surface area contributed by atoms with Crippen LogP contribution in [0, 0.1) is 0 Å². The number of nitrogens with zero attached hydrogens (tertiary/aromatic N) is 2. The fraction of sp³-hybridized carbons (Fsp3) is 0.350. The SMILES string of the molecule is C[C@@H](O)[C@@H]1NC(=O)[C@H]2CN(C(=O)c3ccc4ccccc4c3)CCN2C1=O. The Balaban J connectivity index is 1.54. The molecule has 0 aromatic heterocycles. The van der Waals surface area contributed by atoms with Crippen molar-refractivity contribution in [2.24, 2.45) is 0 Å². The van der Waals surface area contributed by atoms with Gasteiger partial charge in [-0.1, -0.05) is 30.3 Å². The topological polar surface area (TPSA) is 89.9 Å². The number of carbonyl (C=O) groups is 3. The van der Waals surface area contributed by atoms with Crippen LogP contribution in [0.1, 0.15) is 17.3 Å². The van der Waals surface area contributed by atoms with Crippen LogP contribution in [0.3, 0.4) is 0 Å². The molecule has 4 rings (SSSR count). The minimum absolute atomic E-state index is 0.149. The molecule has 2 heterocycles. The Hall–Kier alpha value is -2.93. The van der Waals surface area contributed by atoms with Gasteiger partial charge in [-0.3, -0.25) is 14.4 Å². The number of aliphatic hydroxyl groups is 1. The molecule has 2 aromatic carbocycles. The van der Waals surface area contributed by atoms with Gasteiger partial charge in [-0.15, -0.1) is 0 Å². The second-order valence-electron chi connectivity index (χ2n) is 7.09. The molecule has 0 bridgehead atoms. The predicted octanol–water partition coefficient (Wildman–Crippen LogP) is 0.372. The van der Waals surface area contributed by atoms with E-state index in [1.807, 2.05) is 36.4 Å². The van der Waals surface area contributed by atoms with E-state index in [1.165, 1.54) is 11.8 Å². The summed E-state index contributed by atoms with van der Waals surface area (Å²) in [5.74, 6) is -0.790. The van der Waals surface area contributed by atoms with Gasteiger partial charge in [0.1, 0.15) is 12.1 Å². The highest BCUT2D eigenvalue weighted by molar-refractivity contribution is 6.01. The predicted molar refractivity (Wildman–Crippen MR) is 99.0 cm³/mol. The summed E-state index contributed by atoms with van der Waals surface area (Å²) in [5, 5.41) is 14.3. The van der Waals surface area contributed by atoms with Crippen LogP contribution in [0.2, 0.25) is 0 Å². The molecule has 2 aromatic rings. The lowest BCUT2D eigenvalue weighted by Crippen LogP contribution is -2.71. The highest BCUT2D eigenvalue weighted by atomic mass is 16.3. The monoisotopic (exact) mass is 367 g/mol. The zero-order valence-corrected chi connectivity index (χ0v) is 15.0. The smallest absolute Gasteiger partial charge is 0.254 e. The molecular formula is C20H21N3O4. The molecule has 3 amide bonds. The first kappa shape index (κ1) is 17.5. The number of piperazine rings is 2. The fourth-order valence-corrected chi connectivity index (χ4v) is 3.78. The van der Waals surface area contributed by atoms with Gasteiger partial charge < -0.3 is 20.2 Å². The molecule has 7 nitrogen and oxygen atoms in total. The van der Waals surface area contributed by atoms with E-state index in [0.29, 0.717) is 12.1 Å². The number of fused-ring (bicyclic) bond motifs is 2. The van der Waals surface area contributed by atoms with Crippen molar-refractivity contribution in [3.63, 3.8) is 0 Å². The van der Waals surface area contributed by atoms with Crippen LogP contribution < -0.4 is 5.32 Å². The Morgan fingerprint density at radius 1 is 1.15 bits per heavy atom. The standard InChI is InChI=1S/C20H21N3O4/c1-12(24)17-20(27)23-9-8-22(11-16(23)18(25)21-17)19(26)15-7-6-13-4-2-3-5-14(13)10-15/h2-7,10,12,16-17,24H,8-9,11H2,1H3,(H,21,25)/t12-,16-,17+/m1/s1. The van der Waals surface area contributed by atoms with Gasteiger partial charge in [-0.25, -0.2) is 0 Å². The largest absolute Gasteiger partial charge is 0.391 e. The Kier molecular flexibility index (Phi) is 4.31. The molecule has 0 saturated carbocycles. The molecule has 27 heavy (non-hydrogen) atoms. The van der Waals surface area contributed by atoms with Crippen molar-refractivity contribution in [2.45, 2.75) is 25.1 Å². The molecule has 0 radical (unpaired) electrons. The molecule has 0 spiro atoms. The quantitative estimate of drug-likeness (QED) is 0.803. The first-order valence-electron chi connectivity index (χ1n) is 9.03. The normalized spacial score (nSPS) is 23.8. The number of nitrogens with one attached hydrogen (secondary N) is 1. The van der Waals surface area contributed by atoms with Crippen molar-refractivity contribution >= 4 is 28.5 Å². The Bertz CT molecular complexity index is 926. The second kappa shape index (κ2) is 6.66. The van der Waals surface area contributed by atoms with Crippen molar-refractivity contribution < 1.29 is 19.5 Å². The third kappa shape index (κ3) is 3.04. The van der Waals surface area contributed by atoms with Crippen LogP contribution in [-0.2, 0) is 9.59 Å². The number of carbonyl (C=O) groups excluding carboxylic acids is 3. The second-order valence-corrected chi connectivity index (χ2v) is 7.09. The van der Waals surface area contributed by atoms with Crippen LogP contribution in [0.5, 0.6) is 0 Å². The van der Waals surface area contributed by atoms with E-state index in [0.717, 1.165) is 10.8 Å². The maximum absolute atomic E-state index is 12.9. The maximum Gasteiger partial charge on any atom is 0.254 e. The number of hydrogen-bond acceptors (Lipinski definition) is 4. The molecule has 2 aliphatic rings. The lowest BCUT2D eigenvalue weighted by Gasteiger charge is -2.45. The molecule has 2 N–H and O–H groups in total. The van der Waals surface area contributed by atoms with E-state index >= 15 is 0 Å². The minimum Gasteiger partial charge on any atom is -0.391 e. The highest BCUT2D eigenvalue weighted by Crippen LogP contribution is 2.21.